The maximum atomic E-state index is 12.1. The monoisotopic (exact) mass is 237 g/mol. The molecule has 2 saturated carbocycles. The van der Waals surface area contributed by atoms with Crippen LogP contribution in [0.25, 0.3) is 0 Å². The normalized spacial score (nSPS) is 29.7. The summed E-state index contributed by atoms with van der Waals surface area (Å²) in [4.78, 5) is 12.1. The van der Waals surface area contributed by atoms with Crippen LogP contribution < -0.4 is 5.32 Å². The van der Waals surface area contributed by atoms with E-state index in [2.05, 4.69) is 12.2 Å². The standard InChI is InChI=1S/C15H27NO/c1-2-3-7-12-10-6-11-14(12)16-15(17)13-8-4-5-9-13/h12-14H,2-11H2,1H3,(H,16,17)/t12-,14-/m0/s1. The Balaban J connectivity index is 1.78. The minimum Gasteiger partial charge on any atom is -0.353 e. The molecule has 2 atom stereocenters. The first-order valence-corrected chi connectivity index (χ1v) is 7.61. The van der Waals surface area contributed by atoms with E-state index >= 15 is 0 Å². The molecule has 2 aliphatic rings. The fourth-order valence-corrected chi connectivity index (χ4v) is 3.53. The van der Waals surface area contributed by atoms with Gasteiger partial charge in [-0.1, -0.05) is 39.0 Å². The van der Waals surface area contributed by atoms with E-state index in [0.717, 1.165) is 18.8 Å². The molecule has 0 saturated heterocycles. The Morgan fingerprint density at radius 2 is 1.88 bits per heavy atom. The molecule has 0 aromatic heterocycles. The smallest absolute Gasteiger partial charge is 0.223 e. The Kier molecular flexibility index (Phi) is 4.87. The van der Waals surface area contributed by atoms with Gasteiger partial charge in [-0.15, -0.1) is 0 Å². The summed E-state index contributed by atoms with van der Waals surface area (Å²) in [5.74, 6) is 1.46. The van der Waals surface area contributed by atoms with Crippen molar-refractivity contribution in [2.24, 2.45) is 11.8 Å². The molecule has 0 spiro atoms. The van der Waals surface area contributed by atoms with Crippen LogP contribution in [0.4, 0.5) is 0 Å². The van der Waals surface area contributed by atoms with Gasteiger partial charge in [0, 0.05) is 12.0 Å². The number of unbranched alkanes of at least 4 members (excludes halogenated alkanes) is 1. The van der Waals surface area contributed by atoms with E-state index in [1.807, 2.05) is 0 Å². The van der Waals surface area contributed by atoms with Gasteiger partial charge in [-0.2, -0.15) is 0 Å². The number of amides is 1. The van der Waals surface area contributed by atoms with Gasteiger partial charge in [0.25, 0.3) is 0 Å². The van der Waals surface area contributed by atoms with Gasteiger partial charge in [-0.3, -0.25) is 4.79 Å². The second kappa shape index (κ2) is 6.42. The van der Waals surface area contributed by atoms with Crippen LogP contribution >= 0.6 is 0 Å². The van der Waals surface area contributed by atoms with Crippen LogP contribution in [0.1, 0.15) is 71.1 Å². The number of hydrogen-bond donors (Lipinski definition) is 1. The predicted molar refractivity (Wildman–Crippen MR) is 70.8 cm³/mol. The van der Waals surface area contributed by atoms with E-state index in [0.29, 0.717) is 17.9 Å². The van der Waals surface area contributed by atoms with Crippen molar-refractivity contribution in [3.8, 4) is 0 Å². The van der Waals surface area contributed by atoms with Crippen LogP contribution in [-0.4, -0.2) is 11.9 Å². The first-order valence-electron chi connectivity index (χ1n) is 7.61. The molecule has 0 radical (unpaired) electrons. The van der Waals surface area contributed by atoms with Crippen molar-refractivity contribution in [3.05, 3.63) is 0 Å². The predicted octanol–water partition coefficient (Wildman–Crippen LogP) is 3.65. The number of hydrogen-bond acceptors (Lipinski definition) is 1. The molecule has 2 rings (SSSR count). The molecular formula is C15H27NO. The van der Waals surface area contributed by atoms with E-state index < -0.39 is 0 Å². The van der Waals surface area contributed by atoms with Gasteiger partial charge in [-0.05, 0) is 38.0 Å². The second-order valence-electron chi connectivity index (χ2n) is 5.93. The third kappa shape index (κ3) is 3.46. The highest BCUT2D eigenvalue weighted by Crippen LogP contribution is 2.31. The maximum absolute atomic E-state index is 12.1. The van der Waals surface area contributed by atoms with Crippen molar-refractivity contribution in [2.45, 2.75) is 77.2 Å². The van der Waals surface area contributed by atoms with Gasteiger partial charge < -0.3 is 5.32 Å². The molecule has 98 valence electrons. The second-order valence-corrected chi connectivity index (χ2v) is 5.93. The molecule has 0 unspecified atom stereocenters. The zero-order chi connectivity index (χ0) is 12.1. The highest BCUT2D eigenvalue weighted by atomic mass is 16.1. The van der Waals surface area contributed by atoms with Crippen molar-refractivity contribution in [3.63, 3.8) is 0 Å². The highest BCUT2D eigenvalue weighted by Gasteiger charge is 2.30. The van der Waals surface area contributed by atoms with Crippen LogP contribution in [0.2, 0.25) is 0 Å². The van der Waals surface area contributed by atoms with E-state index in [1.54, 1.807) is 0 Å². The molecule has 0 aromatic rings. The molecule has 2 fully saturated rings. The molecule has 0 aliphatic heterocycles. The van der Waals surface area contributed by atoms with Gasteiger partial charge in [0.1, 0.15) is 0 Å². The van der Waals surface area contributed by atoms with E-state index in [4.69, 9.17) is 0 Å². The fourth-order valence-electron chi connectivity index (χ4n) is 3.53. The average Bonchev–Trinajstić information content (AvgIpc) is 2.97. The lowest BCUT2D eigenvalue weighted by atomic mass is 9.96. The first kappa shape index (κ1) is 12.9. The van der Waals surface area contributed by atoms with Crippen LogP contribution in [0, 0.1) is 11.8 Å². The summed E-state index contributed by atoms with van der Waals surface area (Å²) in [5, 5.41) is 3.34. The summed E-state index contributed by atoms with van der Waals surface area (Å²) in [5.41, 5.74) is 0. The van der Waals surface area contributed by atoms with Crippen LogP contribution in [0.5, 0.6) is 0 Å². The molecule has 2 aliphatic carbocycles. The molecule has 0 heterocycles. The Hall–Kier alpha value is -0.530. The van der Waals surface area contributed by atoms with Crippen molar-refractivity contribution in [1.82, 2.24) is 5.32 Å². The van der Waals surface area contributed by atoms with Crippen molar-refractivity contribution in [2.75, 3.05) is 0 Å². The number of carbonyl (C=O) groups is 1. The Morgan fingerprint density at radius 3 is 2.59 bits per heavy atom. The SMILES string of the molecule is CCCC[C@H]1CCC[C@@H]1NC(=O)C1CCCC1. The summed E-state index contributed by atoms with van der Waals surface area (Å²) >= 11 is 0. The number of carbonyl (C=O) groups excluding carboxylic acids is 1. The lowest BCUT2D eigenvalue weighted by molar-refractivity contribution is -0.125. The Labute approximate surface area is 106 Å². The largest absolute Gasteiger partial charge is 0.353 e. The zero-order valence-corrected chi connectivity index (χ0v) is 11.2. The van der Waals surface area contributed by atoms with Crippen LogP contribution in [0.3, 0.4) is 0 Å². The van der Waals surface area contributed by atoms with Gasteiger partial charge >= 0.3 is 0 Å². The Bertz CT molecular complexity index is 245. The van der Waals surface area contributed by atoms with Gasteiger partial charge in [0.15, 0.2) is 0 Å². The van der Waals surface area contributed by atoms with Crippen molar-refractivity contribution < 1.29 is 4.79 Å². The van der Waals surface area contributed by atoms with Gasteiger partial charge in [-0.25, -0.2) is 0 Å². The molecule has 1 amide bonds. The highest BCUT2D eigenvalue weighted by molar-refractivity contribution is 5.79. The van der Waals surface area contributed by atoms with E-state index in [9.17, 15) is 4.79 Å². The summed E-state index contributed by atoms with van der Waals surface area (Å²) in [7, 11) is 0. The molecule has 0 aromatic carbocycles. The summed E-state index contributed by atoms with van der Waals surface area (Å²) in [6.45, 7) is 2.25. The topological polar surface area (TPSA) is 29.1 Å². The van der Waals surface area contributed by atoms with Crippen molar-refractivity contribution in [1.29, 1.82) is 0 Å². The maximum Gasteiger partial charge on any atom is 0.223 e. The lowest BCUT2D eigenvalue weighted by Crippen LogP contribution is -2.40. The molecular weight excluding hydrogens is 210 g/mol. The summed E-state index contributed by atoms with van der Waals surface area (Å²) in [6, 6.07) is 0.495. The lowest BCUT2D eigenvalue weighted by Gasteiger charge is -2.22. The fraction of sp³-hybridized carbons (Fsp3) is 0.933. The first-order chi connectivity index (χ1) is 8.31. The average molecular weight is 237 g/mol. The van der Waals surface area contributed by atoms with E-state index in [-0.39, 0.29) is 0 Å². The van der Waals surface area contributed by atoms with Crippen LogP contribution in [0.15, 0.2) is 0 Å². The number of rotatable bonds is 5. The third-order valence-corrected chi connectivity index (χ3v) is 4.64. The third-order valence-electron chi connectivity index (χ3n) is 4.64. The van der Waals surface area contributed by atoms with E-state index in [1.165, 1.54) is 51.4 Å². The molecule has 17 heavy (non-hydrogen) atoms. The van der Waals surface area contributed by atoms with Crippen LogP contribution in [-0.2, 0) is 4.79 Å². The summed E-state index contributed by atoms with van der Waals surface area (Å²) in [6.07, 6.45) is 12.5. The minimum absolute atomic E-state index is 0.336. The Morgan fingerprint density at radius 1 is 1.12 bits per heavy atom. The van der Waals surface area contributed by atoms with Gasteiger partial charge in [0.05, 0.1) is 0 Å². The molecule has 2 heteroatoms. The van der Waals surface area contributed by atoms with Gasteiger partial charge in [0.2, 0.25) is 5.91 Å². The zero-order valence-electron chi connectivity index (χ0n) is 11.2. The summed E-state index contributed by atoms with van der Waals surface area (Å²) < 4.78 is 0. The number of nitrogens with one attached hydrogen (secondary N) is 1. The molecule has 0 bridgehead atoms. The minimum atomic E-state index is 0.336. The molecule has 1 N–H and O–H groups in total. The quantitative estimate of drug-likeness (QED) is 0.777. The molecule has 2 nitrogen and oxygen atoms in total. The van der Waals surface area contributed by atoms with Crippen molar-refractivity contribution >= 4 is 5.91 Å².